The zero-order valence-corrected chi connectivity index (χ0v) is 12.0. The molecule has 0 radical (unpaired) electrons. The summed E-state index contributed by atoms with van der Waals surface area (Å²) in [6.45, 7) is 2.28. The van der Waals surface area contributed by atoms with Gasteiger partial charge in [-0.2, -0.15) is 0 Å². The summed E-state index contributed by atoms with van der Waals surface area (Å²) in [6.07, 6.45) is 1.96. The molecule has 1 amide bonds. The molecule has 1 N–H and O–H groups in total. The summed E-state index contributed by atoms with van der Waals surface area (Å²) in [6, 6.07) is 5.97. The lowest BCUT2D eigenvalue weighted by Gasteiger charge is -2.20. The molecule has 0 heterocycles. The van der Waals surface area contributed by atoms with E-state index in [1.54, 1.807) is 17.9 Å². The van der Waals surface area contributed by atoms with Crippen molar-refractivity contribution >= 4 is 17.6 Å². The van der Waals surface area contributed by atoms with Gasteiger partial charge in [0.05, 0.1) is 19.7 Å². The number of nitrogens with one attached hydrogen (secondary N) is 1. The van der Waals surface area contributed by atoms with Gasteiger partial charge in [-0.3, -0.25) is 14.5 Å². The monoisotopic (exact) mass is 294 g/mol. The van der Waals surface area contributed by atoms with E-state index in [1.807, 2.05) is 0 Å². The van der Waals surface area contributed by atoms with E-state index >= 15 is 0 Å². The second-order valence-corrected chi connectivity index (χ2v) is 5.00. The molecule has 114 valence electrons. The minimum atomic E-state index is -0.404. The molecule has 1 aliphatic rings. The maximum atomic E-state index is 13.1. The van der Waals surface area contributed by atoms with Crippen molar-refractivity contribution in [1.82, 2.24) is 4.90 Å². The van der Waals surface area contributed by atoms with Gasteiger partial charge >= 0.3 is 5.97 Å². The Kier molecular flexibility index (Phi) is 5.27. The van der Waals surface area contributed by atoms with Crippen LogP contribution in [0.15, 0.2) is 24.3 Å². The lowest BCUT2D eigenvalue weighted by atomic mass is 10.3. The SMILES string of the molecule is CCOC(=O)CN(CC(=O)Nc1cccc(F)c1)C1CC1. The molecule has 1 fully saturated rings. The van der Waals surface area contributed by atoms with Gasteiger partial charge in [-0.1, -0.05) is 6.07 Å². The van der Waals surface area contributed by atoms with Gasteiger partial charge in [0.2, 0.25) is 5.91 Å². The normalized spacial score (nSPS) is 14.0. The Morgan fingerprint density at radius 1 is 1.38 bits per heavy atom. The molecule has 0 saturated heterocycles. The number of carbonyl (C=O) groups excluding carboxylic acids is 2. The Morgan fingerprint density at radius 2 is 2.14 bits per heavy atom. The van der Waals surface area contributed by atoms with Crippen LogP contribution in [-0.2, 0) is 14.3 Å². The fourth-order valence-corrected chi connectivity index (χ4v) is 2.08. The van der Waals surface area contributed by atoms with Gasteiger partial charge < -0.3 is 10.1 Å². The number of hydrogen-bond donors (Lipinski definition) is 1. The van der Waals surface area contributed by atoms with Crippen molar-refractivity contribution in [2.45, 2.75) is 25.8 Å². The summed E-state index contributed by atoms with van der Waals surface area (Å²) in [7, 11) is 0. The standard InChI is InChI=1S/C15H19FN2O3/c1-2-21-15(20)10-18(13-6-7-13)9-14(19)17-12-5-3-4-11(16)8-12/h3-5,8,13H,2,6-7,9-10H2,1H3,(H,17,19). The molecule has 1 saturated carbocycles. The van der Waals surface area contributed by atoms with Crippen molar-refractivity contribution < 1.29 is 18.7 Å². The Morgan fingerprint density at radius 3 is 2.76 bits per heavy atom. The number of carbonyl (C=O) groups is 2. The third kappa shape index (κ3) is 5.15. The van der Waals surface area contributed by atoms with Gasteiger partial charge in [-0.25, -0.2) is 4.39 Å². The quantitative estimate of drug-likeness (QED) is 0.779. The first-order valence-electron chi connectivity index (χ1n) is 7.03. The molecule has 1 aromatic rings. The Bertz CT molecular complexity index is 517. The van der Waals surface area contributed by atoms with Crippen LogP contribution < -0.4 is 5.32 Å². The van der Waals surface area contributed by atoms with Gasteiger partial charge in [-0.15, -0.1) is 0 Å². The number of nitrogens with zero attached hydrogens (tertiary/aromatic N) is 1. The predicted octanol–water partition coefficient (Wildman–Crippen LogP) is 1.79. The van der Waals surface area contributed by atoms with Crippen LogP contribution >= 0.6 is 0 Å². The predicted molar refractivity (Wildman–Crippen MR) is 76.3 cm³/mol. The summed E-state index contributed by atoms with van der Waals surface area (Å²) in [5, 5.41) is 2.63. The highest BCUT2D eigenvalue weighted by atomic mass is 19.1. The highest BCUT2D eigenvalue weighted by molar-refractivity contribution is 5.92. The molecule has 0 aliphatic heterocycles. The lowest BCUT2D eigenvalue weighted by molar-refractivity contribution is -0.144. The van der Waals surface area contributed by atoms with Crippen LogP contribution in [0.25, 0.3) is 0 Å². The number of anilines is 1. The second kappa shape index (κ2) is 7.17. The zero-order valence-electron chi connectivity index (χ0n) is 12.0. The number of halogens is 1. The van der Waals surface area contributed by atoms with Gasteiger partial charge in [0.15, 0.2) is 0 Å². The van der Waals surface area contributed by atoms with Crippen LogP contribution in [0.3, 0.4) is 0 Å². The second-order valence-electron chi connectivity index (χ2n) is 5.00. The van der Waals surface area contributed by atoms with E-state index in [4.69, 9.17) is 4.74 Å². The van der Waals surface area contributed by atoms with Crippen molar-refractivity contribution in [3.05, 3.63) is 30.1 Å². The average molecular weight is 294 g/mol. The third-order valence-corrected chi connectivity index (χ3v) is 3.16. The molecule has 0 atom stereocenters. The van der Waals surface area contributed by atoms with E-state index in [0.29, 0.717) is 12.3 Å². The van der Waals surface area contributed by atoms with Crippen molar-refractivity contribution in [3.8, 4) is 0 Å². The lowest BCUT2D eigenvalue weighted by Crippen LogP contribution is -2.39. The first kappa shape index (κ1) is 15.4. The van der Waals surface area contributed by atoms with Crippen LogP contribution in [0.2, 0.25) is 0 Å². The number of hydrogen-bond acceptors (Lipinski definition) is 4. The van der Waals surface area contributed by atoms with Gasteiger partial charge in [0.1, 0.15) is 5.82 Å². The first-order chi connectivity index (χ1) is 10.1. The van der Waals surface area contributed by atoms with Crippen LogP contribution in [0.1, 0.15) is 19.8 Å². The number of esters is 1. The van der Waals surface area contributed by atoms with Crippen LogP contribution in [0.5, 0.6) is 0 Å². The number of rotatable bonds is 7. The van der Waals surface area contributed by atoms with Crippen molar-refractivity contribution in [1.29, 1.82) is 0 Å². The molecular formula is C15H19FN2O3. The molecule has 1 aliphatic carbocycles. The molecule has 0 unspecified atom stereocenters. The summed E-state index contributed by atoms with van der Waals surface area (Å²) < 4.78 is 18.0. The number of ether oxygens (including phenoxy) is 1. The summed E-state index contributed by atoms with van der Waals surface area (Å²) in [5.41, 5.74) is 0.409. The molecule has 21 heavy (non-hydrogen) atoms. The van der Waals surface area contributed by atoms with E-state index in [0.717, 1.165) is 12.8 Å². The van der Waals surface area contributed by atoms with E-state index in [9.17, 15) is 14.0 Å². The molecule has 0 aromatic heterocycles. The van der Waals surface area contributed by atoms with Crippen molar-refractivity contribution in [3.63, 3.8) is 0 Å². The largest absolute Gasteiger partial charge is 0.465 e. The zero-order chi connectivity index (χ0) is 15.2. The van der Waals surface area contributed by atoms with Gasteiger partial charge in [-0.05, 0) is 38.0 Å². The maximum absolute atomic E-state index is 13.1. The van der Waals surface area contributed by atoms with E-state index < -0.39 is 5.82 Å². The van der Waals surface area contributed by atoms with Crippen LogP contribution in [0, 0.1) is 5.82 Å². The molecule has 0 bridgehead atoms. The maximum Gasteiger partial charge on any atom is 0.320 e. The third-order valence-electron chi connectivity index (χ3n) is 3.16. The van der Waals surface area contributed by atoms with Gasteiger partial charge in [0, 0.05) is 11.7 Å². The Hall–Kier alpha value is -1.95. The Labute approximate surface area is 123 Å². The van der Waals surface area contributed by atoms with Gasteiger partial charge in [0.25, 0.3) is 0 Å². The van der Waals surface area contributed by atoms with Crippen molar-refractivity contribution in [2.24, 2.45) is 0 Å². The highest BCUT2D eigenvalue weighted by Gasteiger charge is 2.31. The van der Waals surface area contributed by atoms with E-state index in [2.05, 4.69) is 5.32 Å². The highest BCUT2D eigenvalue weighted by Crippen LogP contribution is 2.26. The van der Waals surface area contributed by atoms with E-state index in [-0.39, 0.29) is 31.0 Å². The number of benzene rings is 1. The average Bonchev–Trinajstić information content (AvgIpc) is 3.22. The fraction of sp³-hybridized carbons (Fsp3) is 0.467. The topological polar surface area (TPSA) is 58.6 Å². The summed E-state index contributed by atoms with van der Waals surface area (Å²) in [4.78, 5) is 25.3. The molecular weight excluding hydrogens is 275 g/mol. The minimum absolute atomic E-state index is 0.0972. The first-order valence-corrected chi connectivity index (χ1v) is 7.03. The van der Waals surface area contributed by atoms with Crippen LogP contribution in [-0.4, -0.2) is 42.5 Å². The Balaban J connectivity index is 1.88. The summed E-state index contributed by atoms with van der Waals surface area (Å²) >= 11 is 0. The van der Waals surface area contributed by atoms with E-state index in [1.165, 1.54) is 18.2 Å². The van der Waals surface area contributed by atoms with Crippen molar-refractivity contribution in [2.75, 3.05) is 25.0 Å². The fourth-order valence-electron chi connectivity index (χ4n) is 2.08. The molecule has 1 aromatic carbocycles. The molecule has 2 rings (SSSR count). The molecule has 6 heteroatoms. The molecule has 5 nitrogen and oxygen atoms in total. The number of amides is 1. The smallest absolute Gasteiger partial charge is 0.320 e. The summed E-state index contributed by atoms with van der Waals surface area (Å²) in [5.74, 6) is -1.00. The molecule has 0 spiro atoms. The minimum Gasteiger partial charge on any atom is -0.465 e. The van der Waals surface area contributed by atoms with Crippen LogP contribution in [0.4, 0.5) is 10.1 Å².